The van der Waals surface area contributed by atoms with E-state index in [2.05, 4.69) is 20.3 Å². The molecule has 0 aliphatic rings. The van der Waals surface area contributed by atoms with Gasteiger partial charge in [-0.25, -0.2) is 19.2 Å². The van der Waals surface area contributed by atoms with Crippen molar-refractivity contribution < 1.29 is 14.3 Å². The van der Waals surface area contributed by atoms with Gasteiger partial charge in [-0.3, -0.25) is 4.98 Å². The van der Waals surface area contributed by atoms with Gasteiger partial charge in [0.1, 0.15) is 0 Å². The summed E-state index contributed by atoms with van der Waals surface area (Å²) in [6, 6.07) is 1.38. The van der Waals surface area contributed by atoms with Crippen molar-refractivity contribution in [2.24, 2.45) is 0 Å². The number of carboxylic acid groups (broad SMARTS) is 1. The van der Waals surface area contributed by atoms with E-state index in [1.807, 2.05) is 0 Å². The molecule has 0 aromatic carbocycles. The molecule has 0 saturated carbocycles. The molecule has 0 unspecified atom stereocenters. The van der Waals surface area contributed by atoms with Crippen molar-refractivity contribution in [2.75, 3.05) is 5.32 Å². The fraction of sp³-hybridized carbons (Fsp3) is 0. The van der Waals surface area contributed by atoms with E-state index in [1.54, 1.807) is 0 Å². The van der Waals surface area contributed by atoms with Crippen molar-refractivity contribution in [1.29, 1.82) is 0 Å². The number of aromatic carboxylic acids is 1. The van der Waals surface area contributed by atoms with Crippen LogP contribution in [0.1, 0.15) is 10.4 Å². The lowest BCUT2D eigenvalue weighted by molar-refractivity contribution is 0.0696. The number of hydrogen-bond donors (Lipinski definition) is 2. The van der Waals surface area contributed by atoms with Crippen LogP contribution >= 0.6 is 0 Å². The Hall–Kier alpha value is -2.57. The first-order valence-corrected chi connectivity index (χ1v) is 4.58. The lowest BCUT2D eigenvalue weighted by Crippen LogP contribution is -2.01. The molecule has 17 heavy (non-hydrogen) atoms. The Kier molecular flexibility index (Phi) is 2.91. The first kappa shape index (κ1) is 10.9. The van der Waals surface area contributed by atoms with Crippen LogP contribution < -0.4 is 5.32 Å². The molecule has 7 heteroatoms. The van der Waals surface area contributed by atoms with Crippen LogP contribution in [0.3, 0.4) is 0 Å². The molecule has 2 aromatic rings. The van der Waals surface area contributed by atoms with Crippen molar-refractivity contribution in [2.45, 2.75) is 0 Å². The number of anilines is 2. The highest BCUT2D eigenvalue weighted by Crippen LogP contribution is 2.12. The highest BCUT2D eigenvalue weighted by molar-refractivity contribution is 5.88. The fourth-order valence-electron chi connectivity index (χ4n) is 1.13. The van der Waals surface area contributed by atoms with Gasteiger partial charge in [0.15, 0.2) is 5.82 Å². The molecule has 0 bridgehead atoms. The number of rotatable bonds is 3. The Bertz CT molecular complexity index is 544. The van der Waals surface area contributed by atoms with Gasteiger partial charge in [-0.15, -0.1) is 0 Å². The zero-order chi connectivity index (χ0) is 12.3. The summed E-state index contributed by atoms with van der Waals surface area (Å²) in [6.45, 7) is 0. The average molecular weight is 234 g/mol. The summed E-state index contributed by atoms with van der Waals surface area (Å²) in [5, 5.41) is 11.5. The maximum Gasteiger partial charge on any atom is 0.337 e. The van der Waals surface area contributed by atoms with Gasteiger partial charge in [-0.05, 0) is 6.07 Å². The number of carbonyl (C=O) groups is 1. The van der Waals surface area contributed by atoms with Crippen molar-refractivity contribution in [1.82, 2.24) is 15.0 Å². The molecule has 2 aromatic heterocycles. The number of hydrogen-bond acceptors (Lipinski definition) is 5. The molecule has 2 heterocycles. The zero-order valence-electron chi connectivity index (χ0n) is 8.46. The zero-order valence-corrected chi connectivity index (χ0v) is 8.46. The first-order chi connectivity index (χ1) is 8.15. The lowest BCUT2D eigenvalue weighted by Gasteiger charge is -2.04. The van der Waals surface area contributed by atoms with Crippen LogP contribution in [0.5, 0.6) is 0 Å². The minimum absolute atomic E-state index is 0.0390. The van der Waals surface area contributed by atoms with E-state index in [0.717, 1.165) is 12.4 Å². The molecule has 0 saturated heterocycles. The van der Waals surface area contributed by atoms with Crippen LogP contribution in [0.15, 0.2) is 30.9 Å². The Balaban J connectivity index is 2.21. The van der Waals surface area contributed by atoms with Crippen LogP contribution in [-0.2, 0) is 0 Å². The number of aromatic nitrogens is 3. The average Bonchev–Trinajstić information content (AvgIpc) is 2.32. The molecule has 2 N–H and O–H groups in total. The SMILES string of the molecule is O=C(O)c1cncc(Nc2ncc(F)cn2)c1. The van der Waals surface area contributed by atoms with Gasteiger partial charge < -0.3 is 10.4 Å². The number of nitrogens with zero attached hydrogens (tertiary/aromatic N) is 3. The van der Waals surface area contributed by atoms with Crippen LogP contribution in [0.2, 0.25) is 0 Å². The van der Waals surface area contributed by atoms with E-state index in [0.29, 0.717) is 5.69 Å². The monoisotopic (exact) mass is 234 g/mol. The van der Waals surface area contributed by atoms with Gasteiger partial charge in [-0.2, -0.15) is 0 Å². The fourth-order valence-corrected chi connectivity index (χ4v) is 1.13. The minimum atomic E-state index is -1.08. The molecule has 2 rings (SSSR count). The summed E-state index contributed by atoms with van der Waals surface area (Å²) < 4.78 is 12.6. The van der Waals surface area contributed by atoms with Gasteiger partial charge >= 0.3 is 5.97 Å². The summed E-state index contributed by atoms with van der Waals surface area (Å²) in [6.07, 6.45) is 4.64. The molecule has 0 aliphatic heterocycles. The lowest BCUT2D eigenvalue weighted by atomic mass is 10.3. The minimum Gasteiger partial charge on any atom is -0.478 e. The van der Waals surface area contributed by atoms with E-state index < -0.39 is 11.8 Å². The van der Waals surface area contributed by atoms with Crippen molar-refractivity contribution in [3.8, 4) is 0 Å². The number of halogens is 1. The van der Waals surface area contributed by atoms with E-state index in [1.165, 1.54) is 18.5 Å². The second kappa shape index (κ2) is 4.52. The molecule has 0 amide bonds. The van der Waals surface area contributed by atoms with Crippen molar-refractivity contribution in [3.63, 3.8) is 0 Å². The van der Waals surface area contributed by atoms with Crippen LogP contribution in [0.4, 0.5) is 16.0 Å². The van der Waals surface area contributed by atoms with Gasteiger partial charge in [-0.1, -0.05) is 0 Å². The normalized spacial score (nSPS) is 9.94. The molecule has 0 atom stereocenters. The molecule has 0 radical (unpaired) electrons. The quantitative estimate of drug-likeness (QED) is 0.835. The maximum absolute atomic E-state index is 12.6. The molecular formula is C10H7FN4O2. The van der Waals surface area contributed by atoms with E-state index in [4.69, 9.17) is 5.11 Å². The molecule has 0 fully saturated rings. The summed E-state index contributed by atoms with van der Waals surface area (Å²) in [4.78, 5) is 21.8. The largest absolute Gasteiger partial charge is 0.478 e. The highest BCUT2D eigenvalue weighted by atomic mass is 19.1. The Morgan fingerprint density at radius 2 is 1.94 bits per heavy atom. The topological polar surface area (TPSA) is 88.0 Å². The van der Waals surface area contributed by atoms with Crippen LogP contribution in [0.25, 0.3) is 0 Å². The van der Waals surface area contributed by atoms with E-state index >= 15 is 0 Å². The second-order valence-electron chi connectivity index (χ2n) is 3.12. The number of pyridine rings is 1. The predicted octanol–water partition coefficient (Wildman–Crippen LogP) is 1.45. The van der Waals surface area contributed by atoms with Gasteiger partial charge in [0.25, 0.3) is 0 Å². The van der Waals surface area contributed by atoms with Gasteiger partial charge in [0.2, 0.25) is 5.95 Å². The Labute approximate surface area is 95.2 Å². The third kappa shape index (κ3) is 2.71. The highest BCUT2D eigenvalue weighted by Gasteiger charge is 2.05. The van der Waals surface area contributed by atoms with Crippen molar-refractivity contribution in [3.05, 3.63) is 42.2 Å². The Morgan fingerprint density at radius 1 is 1.24 bits per heavy atom. The second-order valence-corrected chi connectivity index (χ2v) is 3.12. The third-order valence-electron chi connectivity index (χ3n) is 1.86. The summed E-state index contributed by atoms with van der Waals surface area (Å²) in [5.41, 5.74) is 0.452. The molecule has 6 nitrogen and oxygen atoms in total. The summed E-state index contributed by atoms with van der Waals surface area (Å²) in [7, 11) is 0. The summed E-state index contributed by atoms with van der Waals surface area (Å²) in [5.74, 6) is -1.47. The molecule has 0 aliphatic carbocycles. The molecule has 0 spiro atoms. The maximum atomic E-state index is 12.6. The Morgan fingerprint density at radius 3 is 2.59 bits per heavy atom. The molecule has 86 valence electrons. The number of carboxylic acids is 1. The third-order valence-corrected chi connectivity index (χ3v) is 1.86. The van der Waals surface area contributed by atoms with Crippen molar-refractivity contribution >= 4 is 17.6 Å². The van der Waals surface area contributed by atoms with Crippen LogP contribution in [0, 0.1) is 5.82 Å². The standard InChI is InChI=1S/C10H7FN4O2/c11-7-3-13-10(14-4-7)15-8-1-6(9(16)17)2-12-5-8/h1-5H,(H,16,17)(H,13,14,15). The predicted molar refractivity (Wildman–Crippen MR) is 56.5 cm³/mol. The van der Waals surface area contributed by atoms with Gasteiger partial charge in [0, 0.05) is 6.20 Å². The van der Waals surface area contributed by atoms with E-state index in [-0.39, 0.29) is 11.5 Å². The molecular weight excluding hydrogens is 227 g/mol. The smallest absolute Gasteiger partial charge is 0.337 e. The van der Waals surface area contributed by atoms with Gasteiger partial charge in [0.05, 0.1) is 29.8 Å². The summed E-state index contributed by atoms with van der Waals surface area (Å²) >= 11 is 0. The van der Waals surface area contributed by atoms with E-state index in [9.17, 15) is 9.18 Å². The first-order valence-electron chi connectivity index (χ1n) is 4.58. The number of nitrogens with one attached hydrogen (secondary N) is 1. The van der Waals surface area contributed by atoms with Crippen LogP contribution in [-0.4, -0.2) is 26.0 Å².